The summed E-state index contributed by atoms with van der Waals surface area (Å²) in [6.07, 6.45) is -1.17. The third-order valence-corrected chi connectivity index (χ3v) is 4.26. The lowest BCUT2D eigenvalue weighted by Gasteiger charge is -2.15. The van der Waals surface area contributed by atoms with Crippen LogP contribution in [0.25, 0.3) is 0 Å². The lowest BCUT2D eigenvalue weighted by atomic mass is 10.0. The summed E-state index contributed by atoms with van der Waals surface area (Å²) in [6, 6.07) is 11.2. The van der Waals surface area contributed by atoms with Gasteiger partial charge in [0.15, 0.2) is 17.7 Å². The number of anilines is 1. The maximum absolute atomic E-state index is 12.3. The van der Waals surface area contributed by atoms with Crippen LogP contribution < -0.4 is 10.1 Å². The number of carbonyl (C=O) groups excluding carboxylic acids is 4. The molecule has 0 saturated carbocycles. The molecule has 7 heteroatoms. The second kappa shape index (κ2) is 9.64. The van der Waals surface area contributed by atoms with E-state index >= 15 is 0 Å². The molecule has 2 aromatic carbocycles. The molecule has 0 aromatic heterocycles. The topological polar surface area (TPSA) is 98.8 Å². The molecule has 0 aliphatic carbocycles. The molecule has 29 heavy (non-hydrogen) atoms. The fourth-order valence-corrected chi connectivity index (χ4v) is 2.62. The molecule has 0 radical (unpaired) electrons. The van der Waals surface area contributed by atoms with Crippen molar-refractivity contribution in [3.05, 3.63) is 59.2 Å². The van der Waals surface area contributed by atoms with Gasteiger partial charge in [-0.1, -0.05) is 0 Å². The Morgan fingerprint density at radius 1 is 0.931 bits per heavy atom. The summed E-state index contributed by atoms with van der Waals surface area (Å²) >= 11 is 0. The standard InChI is InChI=1S/C22H23NO6/c1-13(24)16-5-8-19(9-6-16)23-22(27)15(3)29-21(26)12-18-11-17(14(2)25)7-10-20(18)28-4/h5-11,15H,12H2,1-4H3,(H,23,27)/t15-/m1/s1. The van der Waals surface area contributed by atoms with Gasteiger partial charge in [-0.3, -0.25) is 19.2 Å². The van der Waals surface area contributed by atoms with Crippen LogP contribution in [0.3, 0.4) is 0 Å². The summed E-state index contributed by atoms with van der Waals surface area (Å²) in [7, 11) is 1.46. The van der Waals surface area contributed by atoms with Crippen LogP contribution in [0.15, 0.2) is 42.5 Å². The Kier molecular flexibility index (Phi) is 7.25. The van der Waals surface area contributed by atoms with Gasteiger partial charge in [-0.15, -0.1) is 0 Å². The molecular weight excluding hydrogens is 374 g/mol. The molecule has 1 amide bonds. The predicted molar refractivity (Wildman–Crippen MR) is 107 cm³/mol. The first-order valence-electron chi connectivity index (χ1n) is 9.00. The van der Waals surface area contributed by atoms with E-state index in [1.165, 1.54) is 27.9 Å². The number of nitrogens with one attached hydrogen (secondary N) is 1. The van der Waals surface area contributed by atoms with E-state index in [0.29, 0.717) is 28.1 Å². The number of Topliss-reactive ketones (excluding diaryl/α,β-unsaturated/α-hetero) is 2. The molecule has 0 bridgehead atoms. The Bertz CT molecular complexity index is 933. The highest BCUT2D eigenvalue weighted by Gasteiger charge is 2.20. The number of hydrogen-bond donors (Lipinski definition) is 1. The van der Waals surface area contributed by atoms with Crippen molar-refractivity contribution in [1.82, 2.24) is 0 Å². The van der Waals surface area contributed by atoms with Crippen molar-refractivity contribution in [3.8, 4) is 5.75 Å². The molecule has 1 atom stereocenters. The molecule has 0 saturated heterocycles. The zero-order chi connectivity index (χ0) is 21.6. The fourth-order valence-electron chi connectivity index (χ4n) is 2.62. The summed E-state index contributed by atoms with van der Waals surface area (Å²) in [5, 5.41) is 2.63. The van der Waals surface area contributed by atoms with Gasteiger partial charge in [0.2, 0.25) is 0 Å². The summed E-state index contributed by atoms with van der Waals surface area (Å²) in [5.74, 6) is -0.883. The third-order valence-electron chi connectivity index (χ3n) is 4.26. The number of rotatable bonds is 8. The first-order valence-corrected chi connectivity index (χ1v) is 9.00. The van der Waals surface area contributed by atoms with E-state index < -0.39 is 18.0 Å². The lowest BCUT2D eigenvalue weighted by molar-refractivity contribution is -0.152. The van der Waals surface area contributed by atoms with Crippen LogP contribution in [-0.4, -0.2) is 36.7 Å². The van der Waals surface area contributed by atoms with Crippen molar-refractivity contribution in [3.63, 3.8) is 0 Å². The minimum atomic E-state index is -1.03. The number of esters is 1. The molecular formula is C22H23NO6. The molecule has 0 heterocycles. The molecule has 152 valence electrons. The number of methoxy groups -OCH3 is 1. The summed E-state index contributed by atoms with van der Waals surface area (Å²) < 4.78 is 10.4. The van der Waals surface area contributed by atoms with E-state index in [1.807, 2.05) is 0 Å². The first-order chi connectivity index (χ1) is 13.7. The highest BCUT2D eigenvalue weighted by Crippen LogP contribution is 2.21. The van der Waals surface area contributed by atoms with Gasteiger partial charge in [0.25, 0.3) is 5.91 Å². The fraction of sp³-hybridized carbons (Fsp3) is 0.273. The average molecular weight is 397 g/mol. The van der Waals surface area contributed by atoms with Crippen LogP contribution in [0.5, 0.6) is 5.75 Å². The maximum Gasteiger partial charge on any atom is 0.311 e. The first kappa shape index (κ1) is 21.8. The third kappa shape index (κ3) is 6.00. The Labute approximate surface area is 169 Å². The minimum Gasteiger partial charge on any atom is -0.496 e. The van der Waals surface area contributed by atoms with Crippen molar-refractivity contribution < 1.29 is 28.7 Å². The van der Waals surface area contributed by atoms with Gasteiger partial charge in [-0.2, -0.15) is 0 Å². The van der Waals surface area contributed by atoms with Crippen molar-refractivity contribution in [2.45, 2.75) is 33.3 Å². The quantitative estimate of drug-likeness (QED) is 0.542. The van der Waals surface area contributed by atoms with Gasteiger partial charge in [-0.25, -0.2) is 0 Å². The Hall–Kier alpha value is -3.48. The monoisotopic (exact) mass is 397 g/mol. The van der Waals surface area contributed by atoms with Crippen LogP contribution >= 0.6 is 0 Å². The molecule has 0 fully saturated rings. The van der Waals surface area contributed by atoms with E-state index in [-0.39, 0.29) is 18.0 Å². The van der Waals surface area contributed by atoms with Crippen molar-refractivity contribution in [2.75, 3.05) is 12.4 Å². The second-order valence-electron chi connectivity index (χ2n) is 6.51. The molecule has 1 N–H and O–H groups in total. The summed E-state index contributed by atoms with van der Waals surface area (Å²) in [4.78, 5) is 47.4. The normalized spacial score (nSPS) is 11.3. The minimum absolute atomic E-state index is 0.0746. The lowest BCUT2D eigenvalue weighted by Crippen LogP contribution is -2.30. The van der Waals surface area contributed by atoms with Crippen LogP contribution in [0.4, 0.5) is 5.69 Å². The van der Waals surface area contributed by atoms with Crippen LogP contribution in [0, 0.1) is 0 Å². The van der Waals surface area contributed by atoms with Gasteiger partial charge in [0.1, 0.15) is 5.75 Å². The molecule has 0 aliphatic rings. The molecule has 0 unspecified atom stereocenters. The maximum atomic E-state index is 12.3. The number of amides is 1. The largest absolute Gasteiger partial charge is 0.496 e. The Balaban J connectivity index is 1.99. The van der Waals surface area contributed by atoms with Gasteiger partial charge >= 0.3 is 5.97 Å². The molecule has 0 aliphatic heterocycles. The predicted octanol–water partition coefficient (Wildman–Crippen LogP) is 3.21. The second-order valence-corrected chi connectivity index (χ2v) is 6.51. The summed E-state index contributed by atoms with van der Waals surface area (Å²) in [6.45, 7) is 4.34. The molecule has 2 rings (SSSR count). The van der Waals surface area contributed by atoms with E-state index in [4.69, 9.17) is 9.47 Å². The smallest absolute Gasteiger partial charge is 0.311 e. The number of carbonyl (C=O) groups is 4. The SMILES string of the molecule is COc1ccc(C(C)=O)cc1CC(=O)O[C@H](C)C(=O)Nc1ccc(C(C)=O)cc1. The zero-order valence-corrected chi connectivity index (χ0v) is 16.8. The van der Waals surface area contributed by atoms with Gasteiger partial charge in [-0.05, 0) is 63.2 Å². The molecule has 2 aromatic rings. The zero-order valence-electron chi connectivity index (χ0n) is 16.8. The molecule has 0 spiro atoms. The summed E-state index contributed by atoms with van der Waals surface area (Å²) in [5.41, 5.74) is 1.97. The number of benzene rings is 2. The van der Waals surface area contributed by atoms with E-state index in [0.717, 1.165) is 0 Å². The Morgan fingerprint density at radius 2 is 1.52 bits per heavy atom. The van der Waals surface area contributed by atoms with E-state index in [9.17, 15) is 19.2 Å². The van der Waals surface area contributed by atoms with Crippen LogP contribution in [0.2, 0.25) is 0 Å². The average Bonchev–Trinajstić information content (AvgIpc) is 2.68. The van der Waals surface area contributed by atoms with Crippen molar-refractivity contribution >= 4 is 29.1 Å². The number of hydrogen-bond acceptors (Lipinski definition) is 6. The van der Waals surface area contributed by atoms with Crippen molar-refractivity contribution in [1.29, 1.82) is 0 Å². The van der Waals surface area contributed by atoms with Crippen LogP contribution in [0.1, 0.15) is 47.1 Å². The van der Waals surface area contributed by atoms with Crippen LogP contribution in [-0.2, 0) is 20.7 Å². The number of ether oxygens (including phenoxy) is 2. The highest BCUT2D eigenvalue weighted by atomic mass is 16.5. The van der Waals surface area contributed by atoms with E-state index in [2.05, 4.69) is 5.32 Å². The highest BCUT2D eigenvalue weighted by molar-refractivity contribution is 5.97. The van der Waals surface area contributed by atoms with E-state index in [1.54, 1.807) is 42.5 Å². The van der Waals surface area contributed by atoms with Gasteiger partial charge in [0, 0.05) is 22.4 Å². The Morgan fingerprint density at radius 3 is 2.07 bits per heavy atom. The van der Waals surface area contributed by atoms with Gasteiger partial charge < -0.3 is 14.8 Å². The molecule has 7 nitrogen and oxygen atoms in total. The van der Waals surface area contributed by atoms with Crippen molar-refractivity contribution in [2.24, 2.45) is 0 Å². The number of ketones is 2. The van der Waals surface area contributed by atoms with Gasteiger partial charge in [0.05, 0.1) is 13.5 Å².